The van der Waals surface area contributed by atoms with Crippen LogP contribution in [0.4, 0.5) is 0 Å². The molecule has 9 rings (SSSR count). The molecule has 0 spiro atoms. The molecule has 13 heteroatoms. The van der Waals surface area contributed by atoms with Gasteiger partial charge in [-0.05, 0) is 66.4 Å². The lowest BCUT2D eigenvalue weighted by Gasteiger charge is -2.34. The van der Waals surface area contributed by atoms with Crippen LogP contribution in [0.2, 0.25) is 0 Å². The maximum absolute atomic E-state index is 13.0. The summed E-state index contributed by atoms with van der Waals surface area (Å²) in [7, 11) is 0. The third kappa shape index (κ3) is 6.23. The zero-order chi connectivity index (χ0) is 36.8. The lowest BCUT2D eigenvalue weighted by Crippen LogP contribution is -2.54. The highest BCUT2D eigenvalue weighted by atomic mass is 16.5. The fourth-order valence-corrected chi connectivity index (χ4v) is 6.93. The van der Waals surface area contributed by atoms with Gasteiger partial charge in [-0.3, -0.25) is 34.4 Å². The largest absolute Gasteiger partial charge is 0.489 e. The van der Waals surface area contributed by atoms with E-state index in [2.05, 4.69) is 55.3 Å². The van der Waals surface area contributed by atoms with Crippen molar-refractivity contribution in [2.75, 3.05) is 6.61 Å². The molecular weight excluding hydrogens is 688 g/mol. The van der Waals surface area contributed by atoms with Gasteiger partial charge in [0.25, 0.3) is 11.8 Å². The minimum Gasteiger partial charge on any atom is -0.489 e. The molecule has 6 aromatic rings. The van der Waals surface area contributed by atoms with Crippen molar-refractivity contribution in [3.8, 4) is 40.3 Å². The molecule has 1 unspecified atom stereocenters. The number of carbonyl (C=O) groups excluding carboxylic acids is 4. The summed E-state index contributed by atoms with van der Waals surface area (Å²) in [6, 6.07) is 19.3. The Morgan fingerprint density at radius 3 is 2.41 bits per heavy atom. The molecule has 4 amide bonds. The number of H-pyrrole nitrogens is 1. The number of nitrogens with one attached hydrogen (secondary N) is 2. The molecule has 4 aromatic heterocycles. The van der Waals surface area contributed by atoms with Crippen molar-refractivity contribution in [1.29, 1.82) is 0 Å². The normalized spacial score (nSPS) is 19.2. The highest BCUT2D eigenvalue weighted by Gasteiger charge is 2.44. The van der Waals surface area contributed by atoms with Gasteiger partial charge in [0.15, 0.2) is 0 Å². The van der Waals surface area contributed by atoms with Gasteiger partial charge in [-0.15, -0.1) is 0 Å². The van der Waals surface area contributed by atoms with Gasteiger partial charge in [-0.2, -0.15) is 0 Å². The number of benzene rings is 2. The van der Waals surface area contributed by atoms with E-state index in [-0.39, 0.29) is 42.8 Å². The maximum Gasteiger partial charge on any atom is 0.262 e. The summed E-state index contributed by atoms with van der Waals surface area (Å²) in [5, 5.41) is 4.42. The van der Waals surface area contributed by atoms with E-state index in [0.29, 0.717) is 23.1 Å². The van der Waals surface area contributed by atoms with Gasteiger partial charge in [-0.25, -0.2) is 9.97 Å². The summed E-state index contributed by atoms with van der Waals surface area (Å²) in [5.74, 6) is 5.13. The molecule has 2 aliphatic heterocycles. The zero-order valence-electron chi connectivity index (χ0n) is 28.6. The minimum atomic E-state index is -1.03. The van der Waals surface area contributed by atoms with Crippen LogP contribution in [-0.4, -0.2) is 73.3 Å². The van der Waals surface area contributed by atoms with Crippen molar-refractivity contribution in [1.82, 2.24) is 30.2 Å². The lowest BCUT2D eigenvalue weighted by molar-refractivity contribution is -0.136. The number of rotatable bonds is 8. The first kappa shape index (κ1) is 32.8. The average Bonchev–Trinajstić information content (AvgIpc) is 3.66. The van der Waals surface area contributed by atoms with Crippen molar-refractivity contribution in [2.45, 2.75) is 43.9 Å². The molecule has 2 aromatic carbocycles. The van der Waals surface area contributed by atoms with Crippen molar-refractivity contribution in [3.63, 3.8) is 0 Å². The van der Waals surface area contributed by atoms with E-state index in [4.69, 9.17) is 14.2 Å². The standard InChI is InChI=1S/C41H30N6O7/c48-37-11-10-36(39(49)46-37)47-40(50)31-9-7-26(19-32(31)41(47)51)52-15-1-2-25-5-6-27(21-43-25)53-28-17-29(18-28)54-38-12-4-24(20-44-38)23-3-8-30-33-22-42-14-13-34(33)45-35(30)16-23/h3-9,12-14,16,19-22,28-29,36,45H,10-11,15,17-18H2,(H,46,48,49)/t28-,29+,36?. The molecule has 54 heavy (non-hydrogen) atoms. The Hall–Kier alpha value is -7.07. The highest BCUT2D eigenvalue weighted by Crippen LogP contribution is 2.33. The zero-order valence-corrected chi connectivity index (χ0v) is 28.6. The van der Waals surface area contributed by atoms with Gasteiger partial charge < -0.3 is 19.2 Å². The second-order valence-corrected chi connectivity index (χ2v) is 13.3. The molecule has 1 atom stereocenters. The molecule has 1 saturated heterocycles. The number of piperidine rings is 1. The van der Waals surface area contributed by atoms with E-state index in [9.17, 15) is 19.2 Å². The predicted molar refractivity (Wildman–Crippen MR) is 195 cm³/mol. The van der Waals surface area contributed by atoms with Crippen LogP contribution in [0.3, 0.4) is 0 Å². The summed E-state index contributed by atoms with van der Waals surface area (Å²) >= 11 is 0. The Labute approximate surface area is 307 Å². The molecule has 6 heterocycles. The number of aromatic nitrogens is 4. The lowest BCUT2D eigenvalue weighted by atomic mass is 9.92. The number of carbonyl (C=O) groups is 4. The van der Waals surface area contributed by atoms with Crippen LogP contribution in [0.1, 0.15) is 52.1 Å². The molecular formula is C41H30N6O7. The molecule has 13 nitrogen and oxygen atoms in total. The van der Waals surface area contributed by atoms with Crippen molar-refractivity contribution >= 4 is 45.4 Å². The fraction of sp³-hybridized carbons (Fsp3) is 0.195. The number of fused-ring (bicyclic) bond motifs is 4. The molecule has 0 bridgehead atoms. The van der Waals surface area contributed by atoms with E-state index < -0.39 is 29.7 Å². The number of hydrogen-bond donors (Lipinski definition) is 2. The fourth-order valence-electron chi connectivity index (χ4n) is 6.93. The van der Waals surface area contributed by atoms with Crippen molar-refractivity contribution in [3.05, 3.63) is 108 Å². The molecule has 2 N–H and O–H groups in total. The number of ether oxygens (including phenoxy) is 3. The second-order valence-electron chi connectivity index (χ2n) is 13.3. The number of amides is 4. The van der Waals surface area contributed by atoms with E-state index in [0.717, 1.165) is 50.7 Å². The van der Waals surface area contributed by atoms with Crippen LogP contribution in [0, 0.1) is 11.8 Å². The van der Waals surface area contributed by atoms with Gasteiger partial charge in [0.1, 0.15) is 42.0 Å². The number of pyridine rings is 3. The first-order valence-corrected chi connectivity index (χ1v) is 17.4. The molecule has 3 aliphatic rings. The molecule has 2 fully saturated rings. The monoisotopic (exact) mass is 718 g/mol. The summed E-state index contributed by atoms with van der Waals surface area (Å²) < 4.78 is 17.9. The Balaban J connectivity index is 0.733. The van der Waals surface area contributed by atoms with Crippen LogP contribution in [-0.2, 0) is 9.59 Å². The number of imide groups is 2. The molecule has 1 aliphatic carbocycles. The van der Waals surface area contributed by atoms with Gasteiger partial charge >= 0.3 is 0 Å². The van der Waals surface area contributed by atoms with Crippen LogP contribution < -0.4 is 19.5 Å². The van der Waals surface area contributed by atoms with Crippen molar-refractivity contribution in [2.24, 2.45) is 0 Å². The van der Waals surface area contributed by atoms with Gasteiger partial charge in [0, 0.05) is 71.3 Å². The van der Waals surface area contributed by atoms with E-state index in [1.165, 1.54) is 12.1 Å². The Morgan fingerprint density at radius 2 is 1.59 bits per heavy atom. The molecule has 1 saturated carbocycles. The van der Waals surface area contributed by atoms with E-state index in [1.807, 2.05) is 36.7 Å². The Bertz CT molecular complexity index is 2550. The van der Waals surface area contributed by atoms with Gasteiger partial charge in [0.2, 0.25) is 17.7 Å². The number of hydrogen-bond acceptors (Lipinski definition) is 10. The highest BCUT2D eigenvalue weighted by molar-refractivity contribution is 6.23. The summed E-state index contributed by atoms with van der Waals surface area (Å²) in [6.45, 7) is 0.0115. The predicted octanol–water partition coefficient (Wildman–Crippen LogP) is 4.99. The molecule has 266 valence electrons. The maximum atomic E-state index is 13.0. The Kier molecular flexibility index (Phi) is 8.19. The third-order valence-electron chi connectivity index (χ3n) is 9.79. The minimum absolute atomic E-state index is 0.00485. The van der Waals surface area contributed by atoms with Crippen molar-refractivity contribution < 1.29 is 33.4 Å². The van der Waals surface area contributed by atoms with E-state index in [1.54, 1.807) is 24.5 Å². The van der Waals surface area contributed by atoms with Crippen LogP contribution in [0.25, 0.3) is 32.9 Å². The SMILES string of the molecule is O=C1CCC(N2C(=O)c3ccc(OCC#Cc4ccc(O[C@H]5C[C@@H](Oc6ccc(-c7ccc8c(c7)[nH]c7ccncc78)cn6)C5)cn4)cc3C2=O)C(=O)N1. The van der Waals surface area contributed by atoms with Crippen LogP contribution in [0.15, 0.2) is 91.5 Å². The topological polar surface area (TPSA) is 166 Å². The Morgan fingerprint density at radius 1 is 0.759 bits per heavy atom. The second kappa shape index (κ2) is 13.5. The first-order chi connectivity index (χ1) is 26.4. The molecule has 0 radical (unpaired) electrons. The third-order valence-corrected chi connectivity index (χ3v) is 9.79. The smallest absolute Gasteiger partial charge is 0.262 e. The van der Waals surface area contributed by atoms with Crippen LogP contribution >= 0.6 is 0 Å². The number of aromatic amines is 1. The summed E-state index contributed by atoms with van der Waals surface area (Å²) in [4.78, 5) is 67.2. The summed E-state index contributed by atoms with van der Waals surface area (Å²) in [5.41, 5.74) is 5.02. The quantitative estimate of drug-likeness (QED) is 0.162. The van der Waals surface area contributed by atoms with E-state index >= 15 is 0 Å². The summed E-state index contributed by atoms with van der Waals surface area (Å²) in [6.07, 6.45) is 8.73. The average molecular weight is 719 g/mol. The van der Waals surface area contributed by atoms with Crippen LogP contribution in [0.5, 0.6) is 17.4 Å². The van der Waals surface area contributed by atoms with Gasteiger partial charge in [0.05, 0.1) is 17.3 Å². The van der Waals surface area contributed by atoms with Gasteiger partial charge in [-0.1, -0.05) is 18.1 Å². The first-order valence-electron chi connectivity index (χ1n) is 17.4. The number of nitrogens with zero attached hydrogens (tertiary/aromatic N) is 4.